The van der Waals surface area contributed by atoms with E-state index in [0.29, 0.717) is 11.8 Å². The molecule has 2 unspecified atom stereocenters. The molecule has 0 heterocycles. The molecule has 0 saturated heterocycles. The van der Waals surface area contributed by atoms with Crippen LogP contribution in [-0.4, -0.2) is 8.41 Å². The fourth-order valence-electron chi connectivity index (χ4n) is 4.41. The van der Waals surface area contributed by atoms with Gasteiger partial charge in [0.1, 0.15) is 0 Å². The van der Waals surface area contributed by atoms with Crippen LogP contribution in [0.15, 0.2) is 24.3 Å². The van der Waals surface area contributed by atoms with E-state index in [2.05, 4.69) is 79.7 Å². The highest BCUT2D eigenvalue weighted by Crippen LogP contribution is 2.39. The molecule has 1 aromatic rings. The van der Waals surface area contributed by atoms with E-state index in [1.807, 2.05) is 0 Å². The van der Waals surface area contributed by atoms with Crippen LogP contribution in [0.5, 0.6) is 0 Å². The van der Waals surface area contributed by atoms with Crippen molar-refractivity contribution in [1.29, 1.82) is 0 Å². The lowest BCUT2D eigenvalue weighted by molar-refractivity contribution is 0.136. The Balaban J connectivity index is -0.000000384. The molecular weight excluding hydrogens is 323 g/mol. The molecule has 0 bridgehead atoms. The SMILES string of the molecule is C.C.CC(C)C1CCCCC1C(C)C.CC(C)c1ccccc1C(C)C.[B]. The standard InChI is InChI=1S/C12H24.C12H18.2CH4.B/c2*1-9(2)11-7-5-6-8-12(11)10(3)4;;;/h9-12H,5-8H2,1-4H3;5-10H,1-4H3;2*1H4;. The summed E-state index contributed by atoms with van der Waals surface area (Å²) < 4.78 is 0. The lowest BCUT2D eigenvalue weighted by atomic mass is 9.69. The molecule has 0 spiro atoms. The van der Waals surface area contributed by atoms with Gasteiger partial charge in [0.25, 0.3) is 0 Å². The largest absolute Gasteiger partial charge is 0.0776 e. The minimum Gasteiger partial charge on any atom is -0.0776 e. The van der Waals surface area contributed by atoms with Crippen molar-refractivity contribution < 1.29 is 0 Å². The lowest BCUT2D eigenvalue weighted by Gasteiger charge is -2.37. The normalized spacial score (nSPS) is 19.0. The van der Waals surface area contributed by atoms with Crippen molar-refractivity contribution in [3.8, 4) is 0 Å². The van der Waals surface area contributed by atoms with E-state index in [4.69, 9.17) is 0 Å². The van der Waals surface area contributed by atoms with E-state index in [-0.39, 0.29) is 23.3 Å². The van der Waals surface area contributed by atoms with Crippen LogP contribution >= 0.6 is 0 Å². The summed E-state index contributed by atoms with van der Waals surface area (Å²) in [4.78, 5) is 0. The summed E-state index contributed by atoms with van der Waals surface area (Å²) in [7, 11) is 0. The summed E-state index contributed by atoms with van der Waals surface area (Å²) >= 11 is 0. The Hall–Kier alpha value is -0.715. The van der Waals surface area contributed by atoms with Gasteiger partial charge in [-0.3, -0.25) is 0 Å². The van der Waals surface area contributed by atoms with Crippen LogP contribution in [-0.2, 0) is 0 Å². The highest BCUT2D eigenvalue weighted by molar-refractivity contribution is 5.75. The van der Waals surface area contributed by atoms with Gasteiger partial charge in [-0.05, 0) is 59.5 Å². The second-order valence-corrected chi connectivity index (χ2v) is 9.04. The molecule has 0 aromatic heterocycles. The van der Waals surface area contributed by atoms with Crippen LogP contribution in [0.25, 0.3) is 0 Å². The van der Waals surface area contributed by atoms with Gasteiger partial charge in [-0.25, -0.2) is 0 Å². The third kappa shape index (κ3) is 9.86. The molecule has 1 aliphatic carbocycles. The minimum atomic E-state index is 0. The Morgan fingerprint density at radius 2 is 0.926 bits per heavy atom. The van der Waals surface area contributed by atoms with E-state index in [0.717, 1.165) is 23.7 Å². The highest BCUT2D eigenvalue weighted by Gasteiger charge is 2.29. The van der Waals surface area contributed by atoms with Gasteiger partial charge in [0, 0.05) is 8.41 Å². The smallest absolute Gasteiger partial charge is 0 e. The maximum atomic E-state index is 2.39. The van der Waals surface area contributed by atoms with Gasteiger partial charge in [-0.2, -0.15) is 0 Å². The first-order valence-electron chi connectivity index (χ1n) is 10.3. The summed E-state index contributed by atoms with van der Waals surface area (Å²) in [6.45, 7) is 18.6. The van der Waals surface area contributed by atoms with Crippen molar-refractivity contribution in [2.45, 2.75) is 108 Å². The number of hydrogen-bond donors (Lipinski definition) is 0. The van der Waals surface area contributed by atoms with Gasteiger partial charge in [-0.1, -0.05) is 107 Å². The second-order valence-electron chi connectivity index (χ2n) is 9.04. The van der Waals surface area contributed by atoms with Crippen LogP contribution in [0, 0.1) is 23.7 Å². The molecule has 0 amide bonds. The highest BCUT2D eigenvalue weighted by atomic mass is 14.3. The minimum absolute atomic E-state index is 0. The summed E-state index contributed by atoms with van der Waals surface area (Å²) in [5.74, 6) is 5.11. The summed E-state index contributed by atoms with van der Waals surface area (Å²) in [6.07, 6.45) is 5.93. The Kier molecular flexibility index (Phi) is 17.5. The van der Waals surface area contributed by atoms with Crippen LogP contribution in [0.4, 0.5) is 0 Å². The van der Waals surface area contributed by atoms with E-state index in [1.165, 1.54) is 36.8 Å². The molecule has 1 fully saturated rings. The fraction of sp³-hybridized carbons (Fsp3) is 0.769. The van der Waals surface area contributed by atoms with Gasteiger partial charge in [0.2, 0.25) is 0 Å². The average Bonchev–Trinajstić information content (AvgIpc) is 2.55. The average molecular weight is 373 g/mol. The molecule has 2 atom stereocenters. The van der Waals surface area contributed by atoms with Crippen molar-refractivity contribution in [2.24, 2.45) is 23.7 Å². The zero-order valence-electron chi connectivity index (χ0n) is 18.2. The Bertz CT molecular complexity index is 416. The third-order valence-corrected chi connectivity index (χ3v) is 5.83. The van der Waals surface area contributed by atoms with Crippen molar-refractivity contribution >= 4 is 8.41 Å². The predicted molar refractivity (Wildman–Crippen MR) is 129 cm³/mol. The molecule has 1 heteroatoms. The van der Waals surface area contributed by atoms with Gasteiger partial charge >= 0.3 is 0 Å². The Morgan fingerprint density at radius 3 is 1.15 bits per heavy atom. The molecule has 1 aliphatic rings. The van der Waals surface area contributed by atoms with E-state index in [9.17, 15) is 0 Å². The Morgan fingerprint density at radius 1 is 0.630 bits per heavy atom. The van der Waals surface area contributed by atoms with Crippen LogP contribution in [0.2, 0.25) is 0 Å². The van der Waals surface area contributed by atoms with Gasteiger partial charge in [0.15, 0.2) is 0 Å². The molecule has 0 nitrogen and oxygen atoms in total. The van der Waals surface area contributed by atoms with E-state index in [1.54, 1.807) is 0 Å². The molecule has 2 rings (SSSR count). The van der Waals surface area contributed by atoms with Crippen molar-refractivity contribution in [3.63, 3.8) is 0 Å². The van der Waals surface area contributed by atoms with Crippen LogP contribution < -0.4 is 0 Å². The van der Waals surface area contributed by atoms with Gasteiger partial charge in [0.05, 0.1) is 0 Å². The molecular formula is C26H50B. The van der Waals surface area contributed by atoms with Crippen molar-refractivity contribution in [2.75, 3.05) is 0 Å². The first-order valence-corrected chi connectivity index (χ1v) is 10.3. The summed E-state index contributed by atoms with van der Waals surface area (Å²) in [5.41, 5.74) is 2.99. The fourth-order valence-corrected chi connectivity index (χ4v) is 4.41. The zero-order valence-corrected chi connectivity index (χ0v) is 18.2. The topological polar surface area (TPSA) is 0 Å². The first kappa shape index (κ1) is 31.0. The second kappa shape index (κ2) is 15.2. The molecule has 0 aliphatic heterocycles. The first-order chi connectivity index (χ1) is 11.3. The number of benzene rings is 1. The quantitative estimate of drug-likeness (QED) is 0.462. The zero-order chi connectivity index (χ0) is 18.3. The molecule has 1 saturated carbocycles. The molecule has 27 heavy (non-hydrogen) atoms. The van der Waals surface area contributed by atoms with Crippen molar-refractivity contribution in [3.05, 3.63) is 35.4 Å². The number of rotatable bonds is 4. The molecule has 1 aromatic carbocycles. The summed E-state index contributed by atoms with van der Waals surface area (Å²) in [6, 6.07) is 8.72. The van der Waals surface area contributed by atoms with Crippen molar-refractivity contribution in [1.82, 2.24) is 0 Å². The maximum absolute atomic E-state index is 2.39. The Labute approximate surface area is 175 Å². The van der Waals surface area contributed by atoms with E-state index >= 15 is 0 Å². The summed E-state index contributed by atoms with van der Waals surface area (Å²) in [5, 5.41) is 0. The monoisotopic (exact) mass is 373 g/mol. The number of hydrogen-bond acceptors (Lipinski definition) is 0. The van der Waals surface area contributed by atoms with Crippen LogP contribution in [0.3, 0.4) is 0 Å². The predicted octanol–water partition coefficient (Wildman–Crippen LogP) is 8.93. The molecule has 0 N–H and O–H groups in total. The van der Waals surface area contributed by atoms with Gasteiger partial charge < -0.3 is 0 Å². The van der Waals surface area contributed by atoms with Gasteiger partial charge in [-0.15, -0.1) is 0 Å². The molecule has 3 radical (unpaired) electrons. The third-order valence-electron chi connectivity index (χ3n) is 5.83. The van der Waals surface area contributed by atoms with Crippen LogP contribution in [0.1, 0.15) is 119 Å². The molecule has 157 valence electrons. The maximum Gasteiger partial charge on any atom is 0 e. The van der Waals surface area contributed by atoms with E-state index < -0.39 is 0 Å². The lowest BCUT2D eigenvalue weighted by Crippen LogP contribution is -2.27.